The van der Waals surface area contributed by atoms with Crippen molar-refractivity contribution in [2.24, 2.45) is 5.92 Å². The van der Waals surface area contributed by atoms with Crippen LogP contribution < -0.4 is 5.56 Å². The molecule has 1 amide bonds. The fourth-order valence-electron chi connectivity index (χ4n) is 4.61. The van der Waals surface area contributed by atoms with Gasteiger partial charge in [0, 0.05) is 23.7 Å². The first kappa shape index (κ1) is 26.7. The summed E-state index contributed by atoms with van der Waals surface area (Å²) >= 11 is 0. The summed E-state index contributed by atoms with van der Waals surface area (Å²) in [5, 5.41) is 11.9. The van der Waals surface area contributed by atoms with E-state index < -0.39 is 22.7 Å². The minimum absolute atomic E-state index is 0.0554. The van der Waals surface area contributed by atoms with E-state index in [1.165, 1.54) is 34.9 Å². The van der Waals surface area contributed by atoms with Gasteiger partial charge >= 0.3 is 0 Å². The summed E-state index contributed by atoms with van der Waals surface area (Å²) in [5.41, 5.74) is 1.06. The normalized spacial score (nSPS) is 12.1. The number of carbonyl (C=O) groups excluding carboxylic acids is 1. The number of amides is 1. The second kappa shape index (κ2) is 10.9. The van der Waals surface area contributed by atoms with Crippen LogP contribution in [0.15, 0.2) is 71.5 Å². The zero-order valence-electron chi connectivity index (χ0n) is 21.7. The Kier molecular flexibility index (Phi) is 7.66. The summed E-state index contributed by atoms with van der Waals surface area (Å²) < 4.78 is 15.2. The molecule has 1 unspecified atom stereocenters. The van der Waals surface area contributed by atoms with E-state index >= 15 is 0 Å². The number of fused-ring (bicyclic) bond motifs is 1. The third-order valence-corrected chi connectivity index (χ3v) is 6.42. The lowest BCUT2D eigenvalue weighted by molar-refractivity contribution is -0.385. The first-order chi connectivity index (χ1) is 18.1. The van der Waals surface area contributed by atoms with Crippen LogP contribution in [0.4, 0.5) is 10.1 Å². The third-order valence-electron chi connectivity index (χ3n) is 6.42. The molecule has 0 fully saturated rings. The van der Waals surface area contributed by atoms with Gasteiger partial charge in [-0.3, -0.25) is 24.3 Å². The molecule has 0 aliphatic carbocycles. The van der Waals surface area contributed by atoms with Gasteiger partial charge in [-0.05, 0) is 61.7 Å². The quantitative estimate of drug-likeness (QED) is 0.212. The van der Waals surface area contributed by atoms with Gasteiger partial charge in [-0.2, -0.15) is 0 Å². The average Bonchev–Trinajstić information content (AvgIpc) is 2.89. The number of nitro groups is 1. The summed E-state index contributed by atoms with van der Waals surface area (Å²) in [5.74, 6) is -0.457. The molecule has 0 aliphatic rings. The number of carbonyl (C=O) groups is 1. The van der Waals surface area contributed by atoms with Crippen LogP contribution in [0.5, 0.6) is 0 Å². The van der Waals surface area contributed by atoms with E-state index in [2.05, 4.69) is 0 Å². The summed E-state index contributed by atoms with van der Waals surface area (Å²) in [7, 11) is 0. The van der Waals surface area contributed by atoms with Crippen molar-refractivity contribution >= 4 is 22.5 Å². The topological polar surface area (TPSA) is 98.3 Å². The Hall–Kier alpha value is -4.40. The van der Waals surface area contributed by atoms with Gasteiger partial charge in [0.1, 0.15) is 11.6 Å². The second-order valence-corrected chi connectivity index (χ2v) is 9.64. The fraction of sp³-hybridized carbons (Fsp3) is 0.276. The maximum Gasteiger partial charge on any atom is 0.273 e. The van der Waals surface area contributed by atoms with Gasteiger partial charge in [0.15, 0.2) is 0 Å². The smallest absolute Gasteiger partial charge is 0.273 e. The molecule has 38 heavy (non-hydrogen) atoms. The Labute approximate surface area is 219 Å². The zero-order chi connectivity index (χ0) is 27.6. The molecular weight excluding hydrogens is 487 g/mol. The number of rotatable bonds is 8. The monoisotopic (exact) mass is 516 g/mol. The Morgan fingerprint density at radius 2 is 1.79 bits per heavy atom. The van der Waals surface area contributed by atoms with Crippen LogP contribution in [0.3, 0.4) is 0 Å². The summed E-state index contributed by atoms with van der Waals surface area (Å²) in [6, 6.07) is 16.3. The molecule has 4 aromatic rings. The summed E-state index contributed by atoms with van der Waals surface area (Å²) in [6.07, 6.45) is 0.415. The minimum atomic E-state index is -0.646. The zero-order valence-corrected chi connectivity index (χ0v) is 21.7. The predicted molar refractivity (Wildman–Crippen MR) is 144 cm³/mol. The Morgan fingerprint density at radius 3 is 2.42 bits per heavy atom. The number of aryl methyl sites for hydroxylation is 1. The van der Waals surface area contributed by atoms with E-state index in [1.54, 1.807) is 48.2 Å². The second-order valence-electron chi connectivity index (χ2n) is 9.64. The lowest BCUT2D eigenvalue weighted by Crippen LogP contribution is -2.40. The van der Waals surface area contributed by atoms with E-state index in [0.29, 0.717) is 40.9 Å². The lowest BCUT2D eigenvalue weighted by atomic mass is 10.0. The van der Waals surface area contributed by atoms with Crippen LogP contribution in [0.25, 0.3) is 16.6 Å². The van der Waals surface area contributed by atoms with Gasteiger partial charge in [0.2, 0.25) is 0 Å². The molecule has 0 saturated heterocycles. The largest absolute Gasteiger partial charge is 0.328 e. The van der Waals surface area contributed by atoms with Crippen molar-refractivity contribution in [2.45, 2.75) is 40.2 Å². The van der Waals surface area contributed by atoms with Gasteiger partial charge in [0.25, 0.3) is 17.2 Å². The van der Waals surface area contributed by atoms with Crippen molar-refractivity contribution in [3.05, 3.63) is 110 Å². The molecule has 0 radical (unpaired) electrons. The number of aromatic nitrogens is 2. The van der Waals surface area contributed by atoms with Gasteiger partial charge in [-0.15, -0.1) is 0 Å². The van der Waals surface area contributed by atoms with Crippen LogP contribution in [0.1, 0.15) is 55.0 Å². The molecular formula is C29H29FN4O4. The van der Waals surface area contributed by atoms with E-state index in [-0.39, 0.29) is 22.7 Å². The number of halogens is 1. The number of hydrogen-bond donors (Lipinski definition) is 0. The first-order valence-corrected chi connectivity index (χ1v) is 12.5. The Bertz CT molecular complexity index is 1560. The van der Waals surface area contributed by atoms with Gasteiger partial charge in [0.05, 0.1) is 27.6 Å². The highest BCUT2D eigenvalue weighted by atomic mass is 19.1. The summed E-state index contributed by atoms with van der Waals surface area (Å²) in [4.78, 5) is 45.2. The Morgan fingerprint density at radius 1 is 1.11 bits per heavy atom. The highest BCUT2D eigenvalue weighted by molar-refractivity contribution is 5.95. The van der Waals surface area contributed by atoms with E-state index in [1.807, 2.05) is 20.8 Å². The van der Waals surface area contributed by atoms with E-state index in [0.717, 1.165) is 0 Å². The fourth-order valence-corrected chi connectivity index (χ4v) is 4.61. The Balaban J connectivity index is 1.95. The van der Waals surface area contributed by atoms with Crippen LogP contribution in [-0.4, -0.2) is 31.8 Å². The molecule has 3 aromatic carbocycles. The van der Waals surface area contributed by atoms with Crippen molar-refractivity contribution in [1.29, 1.82) is 0 Å². The van der Waals surface area contributed by atoms with Gasteiger partial charge in [-0.25, -0.2) is 9.37 Å². The van der Waals surface area contributed by atoms with Crippen molar-refractivity contribution in [1.82, 2.24) is 14.5 Å². The number of benzene rings is 3. The molecule has 1 atom stereocenters. The molecule has 0 saturated carbocycles. The number of para-hydroxylation sites is 1. The molecule has 4 rings (SSSR count). The SMILES string of the molecule is CCC(c1nc2ccccc2c(=O)n1-c1ccc(F)cc1)N(CC(C)C)C(=O)c1ccc(C)c([N+](=O)[O-])c1. The van der Waals surface area contributed by atoms with Crippen molar-refractivity contribution in [3.63, 3.8) is 0 Å². The molecule has 0 aliphatic heterocycles. The maximum absolute atomic E-state index is 13.9. The predicted octanol–water partition coefficient (Wildman–Crippen LogP) is 5.99. The average molecular weight is 517 g/mol. The first-order valence-electron chi connectivity index (χ1n) is 12.5. The van der Waals surface area contributed by atoms with Crippen LogP contribution in [0.2, 0.25) is 0 Å². The highest BCUT2D eigenvalue weighted by Crippen LogP contribution is 2.29. The molecule has 9 heteroatoms. The maximum atomic E-state index is 13.9. The van der Waals surface area contributed by atoms with Crippen molar-refractivity contribution in [2.75, 3.05) is 6.54 Å². The standard InChI is InChI=1S/C29H29FN4O4/c1-5-25(32(17-18(2)3)28(35)20-11-10-19(4)26(16-20)34(37)38)27-31-24-9-7-6-8-23(24)29(36)33(27)22-14-12-21(30)13-15-22/h6-16,18,25H,5,17H2,1-4H3. The molecule has 196 valence electrons. The summed E-state index contributed by atoms with van der Waals surface area (Å²) in [6.45, 7) is 7.76. The third kappa shape index (κ3) is 5.18. The number of hydrogen-bond acceptors (Lipinski definition) is 5. The molecule has 1 aromatic heterocycles. The van der Waals surface area contributed by atoms with E-state index in [9.17, 15) is 24.1 Å². The van der Waals surface area contributed by atoms with Crippen LogP contribution in [0, 0.1) is 28.8 Å². The van der Waals surface area contributed by atoms with Crippen LogP contribution >= 0.6 is 0 Å². The molecule has 1 heterocycles. The van der Waals surface area contributed by atoms with Crippen molar-refractivity contribution < 1.29 is 14.1 Å². The molecule has 0 bridgehead atoms. The van der Waals surface area contributed by atoms with Crippen molar-refractivity contribution in [3.8, 4) is 5.69 Å². The molecule has 0 spiro atoms. The molecule has 8 nitrogen and oxygen atoms in total. The van der Waals surface area contributed by atoms with Gasteiger partial charge in [-0.1, -0.05) is 39.0 Å². The number of nitro benzene ring substituents is 1. The number of nitrogens with zero attached hydrogens (tertiary/aromatic N) is 4. The van der Waals surface area contributed by atoms with Gasteiger partial charge < -0.3 is 4.90 Å². The van der Waals surface area contributed by atoms with Crippen LogP contribution in [-0.2, 0) is 0 Å². The van der Waals surface area contributed by atoms with E-state index in [4.69, 9.17) is 4.98 Å². The highest BCUT2D eigenvalue weighted by Gasteiger charge is 2.31. The lowest BCUT2D eigenvalue weighted by Gasteiger charge is -2.33. The molecule has 0 N–H and O–H groups in total. The minimum Gasteiger partial charge on any atom is -0.328 e.